The lowest BCUT2D eigenvalue weighted by molar-refractivity contribution is 0.405. The minimum atomic E-state index is -0.177. The van der Waals surface area contributed by atoms with E-state index in [0.717, 1.165) is 23.3 Å². The van der Waals surface area contributed by atoms with Crippen LogP contribution in [0.2, 0.25) is 0 Å². The molecule has 1 heterocycles. The average Bonchev–Trinajstić information content (AvgIpc) is 3.04. The highest BCUT2D eigenvalue weighted by Crippen LogP contribution is 2.50. The molecule has 4 rings (SSSR count). The molecule has 2 aromatic rings. The van der Waals surface area contributed by atoms with Crippen molar-refractivity contribution in [1.29, 1.82) is 0 Å². The van der Waals surface area contributed by atoms with E-state index in [1.165, 1.54) is 6.07 Å². The Morgan fingerprint density at radius 3 is 2.91 bits per heavy atom. The first kappa shape index (κ1) is 13.4. The summed E-state index contributed by atoms with van der Waals surface area (Å²) >= 11 is 0. The number of allylic oxidation sites excluding steroid dienone is 2. The highest BCUT2D eigenvalue weighted by Gasteiger charge is 2.38. The first-order chi connectivity index (χ1) is 10.8. The molecule has 3 atom stereocenters. The molecule has 0 spiro atoms. The van der Waals surface area contributed by atoms with Crippen LogP contribution in [-0.4, -0.2) is 7.11 Å². The predicted octanol–water partition coefficient (Wildman–Crippen LogP) is 4.66. The molecular weight excluding hydrogens is 277 g/mol. The van der Waals surface area contributed by atoms with E-state index in [1.54, 1.807) is 13.2 Å². The topological polar surface area (TPSA) is 21.3 Å². The number of hydrogen-bond acceptors (Lipinski definition) is 2. The number of halogens is 1. The van der Waals surface area contributed by atoms with Crippen molar-refractivity contribution < 1.29 is 9.13 Å². The standard InChI is InChI=1S/C19H18FNO/c1-22-13-6-2-5-12(11-13)18-15-8-3-7-14(15)16-9-4-10-17(20)19(16)21-18/h2-7,9-11,14-15,18,21H,8H2,1H3. The summed E-state index contributed by atoms with van der Waals surface area (Å²) in [7, 11) is 1.67. The van der Waals surface area contributed by atoms with Gasteiger partial charge in [0.2, 0.25) is 0 Å². The summed E-state index contributed by atoms with van der Waals surface area (Å²) in [4.78, 5) is 0. The molecule has 2 nitrogen and oxygen atoms in total. The summed E-state index contributed by atoms with van der Waals surface area (Å²) in [5, 5.41) is 3.43. The highest BCUT2D eigenvalue weighted by molar-refractivity contribution is 5.60. The van der Waals surface area contributed by atoms with Crippen LogP contribution in [-0.2, 0) is 0 Å². The lowest BCUT2D eigenvalue weighted by Gasteiger charge is -2.37. The number of anilines is 1. The normalized spacial score (nSPS) is 25.3. The molecule has 0 aromatic heterocycles. The molecule has 1 N–H and O–H groups in total. The highest BCUT2D eigenvalue weighted by atomic mass is 19.1. The fourth-order valence-corrected chi connectivity index (χ4v) is 3.75. The SMILES string of the molecule is COc1cccc(C2Nc3c(F)cccc3C3C=CCC32)c1. The summed E-state index contributed by atoms with van der Waals surface area (Å²) in [6, 6.07) is 13.5. The maximum Gasteiger partial charge on any atom is 0.146 e. The lowest BCUT2D eigenvalue weighted by atomic mass is 9.77. The summed E-state index contributed by atoms with van der Waals surface area (Å²) in [5.74, 6) is 1.36. The van der Waals surface area contributed by atoms with Crippen molar-refractivity contribution in [2.24, 2.45) is 5.92 Å². The Morgan fingerprint density at radius 1 is 1.18 bits per heavy atom. The molecule has 0 saturated heterocycles. The van der Waals surface area contributed by atoms with Crippen LogP contribution >= 0.6 is 0 Å². The molecule has 0 radical (unpaired) electrons. The molecule has 22 heavy (non-hydrogen) atoms. The van der Waals surface area contributed by atoms with E-state index in [9.17, 15) is 4.39 Å². The van der Waals surface area contributed by atoms with Gasteiger partial charge >= 0.3 is 0 Å². The van der Waals surface area contributed by atoms with Crippen molar-refractivity contribution in [3.8, 4) is 5.75 Å². The Kier molecular flexibility index (Phi) is 3.14. The van der Waals surface area contributed by atoms with Gasteiger partial charge in [0.25, 0.3) is 0 Å². The van der Waals surface area contributed by atoms with E-state index in [0.29, 0.717) is 11.6 Å². The summed E-state index contributed by atoms with van der Waals surface area (Å²) in [6.45, 7) is 0. The fourth-order valence-electron chi connectivity index (χ4n) is 3.75. The molecule has 2 aliphatic rings. The van der Waals surface area contributed by atoms with Gasteiger partial charge < -0.3 is 10.1 Å². The molecule has 112 valence electrons. The molecule has 1 aliphatic carbocycles. The molecule has 0 amide bonds. The van der Waals surface area contributed by atoms with E-state index in [1.807, 2.05) is 24.3 Å². The number of rotatable bonds is 2. The lowest BCUT2D eigenvalue weighted by Crippen LogP contribution is -2.29. The van der Waals surface area contributed by atoms with Gasteiger partial charge in [-0.2, -0.15) is 0 Å². The van der Waals surface area contributed by atoms with Crippen LogP contribution in [0, 0.1) is 11.7 Å². The zero-order valence-electron chi connectivity index (χ0n) is 12.4. The first-order valence-corrected chi connectivity index (χ1v) is 7.63. The zero-order chi connectivity index (χ0) is 15.1. The third kappa shape index (κ3) is 2.00. The van der Waals surface area contributed by atoms with Crippen LogP contribution in [0.4, 0.5) is 10.1 Å². The van der Waals surface area contributed by atoms with E-state index in [-0.39, 0.29) is 17.8 Å². The number of ether oxygens (including phenoxy) is 1. The molecule has 0 bridgehead atoms. The monoisotopic (exact) mass is 295 g/mol. The van der Waals surface area contributed by atoms with Crippen molar-refractivity contribution >= 4 is 5.69 Å². The van der Waals surface area contributed by atoms with Crippen molar-refractivity contribution in [2.45, 2.75) is 18.4 Å². The Morgan fingerprint density at radius 2 is 2.05 bits per heavy atom. The second-order valence-corrected chi connectivity index (χ2v) is 5.96. The minimum Gasteiger partial charge on any atom is -0.497 e. The second-order valence-electron chi connectivity index (χ2n) is 5.96. The summed E-state index contributed by atoms with van der Waals surface area (Å²) in [5.41, 5.74) is 2.85. The van der Waals surface area contributed by atoms with Gasteiger partial charge in [0.05, 0.1) is 18.8 Å². The van der Waals surface area contributed by atoms with Gasteiger partial charge in [0.1, 0.15) is 11.6 Å². The number of fused-ring (bicyclic) bond motifs is 3. The third-order valence-corrected chi connectivity index (χ3v) is 4.80. The van der Waals surface area contributed by atoms with Crippen LogP contribution in [0.1, 0.15) is 29.5 Å². The van der Waals surface area contributed by atoms with E-state index in [4.69, 9.17) is 4.74 Å². The molecule has 3 unspecified atom stereocenters. The summed E-state index contributed by atoms with van der Waals surface area (Å²) < 4.78 is 19.6. The van der Waals surface area contributed by atoms with E-state index >= 15 is 0 Å². The van der Waals surface area contributed by atoms with Gasteiger partial charge in [-0.1, -0.05) is 36.4 Å². The van der Waals surface area contributed by atoms with Crippen molar-refractivity contribution in [3.05, 3.63) is 71.6 Å². The predicted molar refractivity (Wildman–Crippen MR) is 85.7 cm³/mol. The molecular formula is C19H18FNO. The Balaban J connectivity index is 1.80. The number of para-hydroxylation sites is 1. The van der Waals surface area contributed by atoms with Gasteiger partial charge in [-0.15, -0.1) is 0 Å². The summed E-state index contributed by atoms with van der Waals surface area (Å²) in [6.07, 6.45) is 5.44. The van der Waals surface area contributed by atoms with Crippen molar-refractivity contribution in [2.75, 3.05) is 12.4 Å². The average molecular weight is 295 g/mol. The zero-order valence-corrected chi connectivity index (χ0v) is 12.4. The van der Waals surface area contributed by atoms with E-state index < -0.39 is 0 Å². The number of benzene rings is 2. The minimum absolute atomic E-state index is 0.0968. The number of nitrogens with one attached hydrogen (secondary N) is 1. The Labute approximate surface area is 129 Å². The molecule has 0 fully saturated rings. The smallest absolute Gasteiger partial charge is 0.146 e. The van der Waals surface area contributed by atoms with Crippen LogP contribution < -0.4 is 10.1 Å². The van der Waals surface area contributed by atoms with Gasteiger partial charge in [0, 0.05) is 5.92 Å². The maximum absolute atomic E-state index is 14.3. The molecule has 1 aliphatic heterocycles. The maximum atomic E-state index is 14.3. The van der Waals surface area contributed by atoms with Gasteiger partial charge in [-0.05, 0) is 41.7 Å². The van der Waals surface area contributed by atoms with E-state index in [2.05, 4.69) is 23.5 Å². The largest absolute Gasteiger partial charge is 0.497 e. The van der Waals surface area contributed by atoms with Crippen molar-refractivity contribution in [1.82, 2.24) is 0 Å². The Bertz CT molecular complexity index is 740. The van der Waals surface area contributed by atoms with Crippen LogP contribution in [0.3, 0.4) is 0 Å². The van der Waals surface area contributed by atoms with Gasteiger partial charge in [-0.25, -0.2) is 4.39 Å². The van der Waals surface area contributed by atoms with Crippen LogP contribution in [0.25, 0.3) is 0 Å². The molecule has 0 saturated carbocycles. The molecule has 2 aromatic carbocycles. The Hall–Kier alpha value is -2.29. The van der Waals surface area contributed by atoms with Gasteiger partial charge in [-0.3, -0.25) is 0 Å². The quantitative estimate of drug-likeness (QED) is 0.814. The fraction of sp³-hybridized carbons (Fsp3) is 0.263. The van der Waals surface area contributed by atoms with Crippen molar-refractivity contribution in [3.63, 3.8) is 0 Å². The number of hydrogen-bond donors (Lipinski definition) is 1. The molecule has 3 heteroatoms. The number of methoxy groups -OCH3 is 1. The second kappa shape index (κ2) is 5.16. The van der Waals surface area contributed by atoms with Crippen LogP contribution in [0.15, 0.2) is 54.6 Å². The first-order valence-electron chi connectivity index (χ1n) is 7.63. The van der Waals surface area contributed by atoms with Gasteiger partial charge in [0.15, 0.2) is 0 Å². The van der Waals surface area contributed by atoms with Crippen LogP contribution in [0.5, 0.6) is 5.75 Å². The third-order valence-electron chi connectivity index (χ3n) is 4.80.